The van der Waals surface area contributed by atoms with E-state index in [0.29, 0.717) is 6.04 Å². The van der Waals surface area contributed by atoms with E-state index in [1.807, 2.05) is 30.3 Å². The van der Waals surface area contributed by atoms with E-state index in [1.165, 1.54) is 19.3 Å². The lowest BCUT2D eigenvalue weighted by molar-refractivity contribution is 0.222. The lowest BCUT2D eigenvalue weighted by Gasteiger charge is -2.33. The zero-order valence-electron chi connectivity index (χ0n) is 12.3. The molecule has 1 fully saturated rings. The second-order valence-electron chi connectivity index (χ2n) is 5.97. The van der Waals surface area contributed by atoms with Crippen molar-refractivity contribution < 1.29 is 4.74 Å². The zero-order valence-corrected chi connectivity index (χ0v) is 12.3. The fourth-order valence-electron chi connectivity index (χ4n) is 2.88. The number of para-hydroxylation sites is 1. The van der Waals surface area contributed by atoms with Crippen LogP contribution >= 0.6 is 0 Å². The predicted molar refractivity (Wildman–Crippen MR) is 80.5 cm³/mol. The van der Waals surface area contributed by atoms with Crippen molar-refractivity contribution >= 4 is 0 Å². The third-order valence-electron chi connectivity index (χ3n) is 4.20. The third-order valence-corrected chi connectivity index (χ3v) is 4.20. The number of rotatable bonds is 6. The van der Waals surface area contributed by atoms with E-state index in [-0.39, 0.29) is 0 Å². The van der Waals surface area contributed by atoms with E-state index >= 15 is 0 Å². The summed E-state index contributed by atoms with van der Waals surface area (Å²) in [7, 11) is 0. The second-order valence-corrected chi connectivity index (χ2v) is 5.97. The van der Waals surface area contributed by atoms with Crippen LogP contribution < -0.4 is 10.1 Å². The average molecular weight is 261 g/mol. The van der Waals surface area contributed by atoms with Gasteiger partial charge in [-0.3, -0.25) is 0 Å². The fraction of sp³-hybridized carbons (Fsp3) is 0.647. The summed E-state index contributed by atoms with van der Waals surface area (Å²) in [5.41, 5.74) is 0. The number of hydrogen-bond acceptors (Lipinski definition) is 2. The number of nitrogens with one attached hydrogen (secondary N) is 1. The van der Waals surface area contributed by atoms with Crippen molar-refractivity contribution in [3.05, 3.63) is 30.3 Å². The van der Waals surface area contributed by atoms with Gasteiger partial charge >= 0.3 is 0 Å². The Morgan fingerprint density at radius 2 is 1.95 bits per heavy atom. The molecule has 1 N–H and O–H groups in total. The summed E-state index contributed by atoms with van der Waals surface area (Å²) in [5.74, 6) is 2.68. The molecular formula is C17H27NO. The first-order valence-corrected chi connectivity index (χ1v) is 7.67. The molecule has 3 atom stereocenters. The van der Waals surface area contributed by atoms with Gasteiger partial charge in [-0.1, -0.05) is 38.5 Å². The van der Waals surface area contributed by atoms with Crippen LogP contribution in [0.15, 0.2) is 30.3 Å². The first kappa shape index (κ1) is 14.4. The smallest absolute Gasteiger partial charge is 0.119 e. The highest BCUT2D eigenvalue weighted by atomic mass is 16.5. The van der Waals surface area contributed by atoms with Gasteiger partial charge in [-0.05, 0) is 49.8 Å². The van der Waals surface area contributed by atoms with E-state index in [0.717, 1.165) is 37.2 Å². The molecule has 2 heteroatoms. The lowest BCUT2D eigenvalue weighted by Crippen LogP contribution is -2.40. The summed E-state index contributed by atoms with van der Waals surface area (Å²) in [6.45, 7) is 6.62. The van der Waals surface area contributed by atoms with E-state index in [4.69, 9.17) is 4.74 Å². The van der Waals surface area contributed by atoms with Gasteiger partial charge in [0.15, 0.2) is 0 Å². The molecule has 0 aliphatic heterocycles. The summed E-state index contributed by atoms with van der Waals surface area (Å²) in [5, 5.41) is 3.71. The Hall–Kier alpha value is -1.02. The van der Waals surface area contributed by atoms with Gasteiger partial charge in [-0.2, -0.15) is 0 Å². The first-order valence-electron chi connectivity index (χ1n) is 7.67. The average Bonchev–Trinajstić information content (AvgIpc) is 2.43. The van der Waals surface area contributed by atoms with Crippen molar-refractivity contribution in [2.45, 2.75) is 45.6 Å². The van der Waals surface area contributed by atoms with Crippen molar-refractivity contribution in [1.82, 2.24) is 5.32 Å². The number of benzene rings is 1. The summed E-state index contributed by atoms with van der Waals surface area (Å²) in [4.78, 5) is 0. The van der Waals surface area contributed by atoms with Crippen molar-refractivity contribution in [2.24, 2.45) is 11.8 Å². The highest BCUT2D eigenvalue weighted by Gasteiger charge is 2.24. The molecule has 2 nitrogen and oxygen atoms in total. The van der Waals surface area contributed by atoms with Gasteiger partial charge in [0, 0.05) is 6.04 Å². The van der Waals surface area contributed by atoms with Gasteiger partial charge in [0.05, 0.1) is 6.61 Å². The second kappa shape index (κ2) is 7.54. The molecule has 0 saturated heterocycles. The highest BCUT2D eigenvalue weighted by molar-refractivity contribution is 5.20. The molecule has 1 aromatic carbocycles. The Balaban J connectivity index is 1.59. The molecule has 0 radical (unpaired) electrons. The van der Waals surface area contributed by atoms with Crippen molar-refractivity contribution in [3.63, 3.8) is 0 Å². The van der Waals surface area contributed by atoms with E-state index < -0.39 is 0 Å². The summed E-state index contributed by atoms with van der Waals surface area (Å²) in [6, 6.07) is 10.8. The minimum atomic E-state index is 0.709. The third kappa shape index (κ3) is 4.87. The molecule has 2 rings (SSSR count). The van der Waals surface area contributed by atoms with E-state index in [9.17, 15) is 0 Å². The maximum absolute atomic E-state index is 5.70. The molecule has 1 aromatic rings. The number of hydrogen-bond donors (Lipinski definition) is 1. The molecule has 3 unspecified atom stereocenters. The SMILES string of the molecule is CC1CCC(C)C(NCCCOc2ccccc2)C1. The molecule has 0 aromatic heterocycles. The van der Waals surface area contributed by atoms with Gasteiger partial charge in [0.2, 0.25) is 0 Å². The van der Waals surface area contributed by atoms with Gasteiger partial charge in [-0.15, -0.1) is 0 Å². The van der Waals surface area contributed by atoms with Crippen LogP contribution in [0.5, 0.6) is 5.75 Å². The Bertz CT molecular complexity index is 352. The normalized spacial score (nSPS) is 27.2. The molecule has 0 bridgehead atoms. The van der Waals surface area contributed by atoms with Gasteiger partial charge in [0.25, 0.3) is 0 Å². The van der Waals surface area contributed by atoms with Crippen molar-refractivity contribution in [1.29, 1.82) is 0 Å². The molecule has 1 saturated carbocycles. The molecule has 0 amide bonds. The summed E-state index contributed by atoms with van der Waals surface area (Å²) in [6.07, 6.45) is 5.18. The monoisotopic (exact) mass is 261 g/mol. The Morgan fingerprint density at radius 3 is 2.74 bits per heavy atom. The maximum Gasteiger partial charge on any atom is 0.119 e. The minimum absolute atomic E-state index is 0.709. The van der Waals surface area contributed by atoms with Crippen molar-refractivity contribution in [3.8, 4) is 5.75 Å². The highest BCUT2D eigenvalue weighted by Crippen LogP contribution is 2.28. The minimum Gasteiger partial charge on any atom is -0.494 e. The zero-order chi connectivity index (χ0) is 13.5. The molecule has 0 heterocycles. The van der Waals surface area contributed by atoms with Gasteiger partial charge in [0.1, 0.15) is 5.75 Å². The van der Waals surface area contributed by atoms with Crippen LogP contribution in [0.1, 0.15) is 39.5 Å². The summed E-state index contributed by atoms with van der Waals surface area (Å²) >= 11 is 0. The van der Waals surface area contributed by atoms with Crippen LogP contribution in [0, 0.1) is 11.8 Å². The molecule has 1 aliphatic carbocycles. The van der Waals surface area contributed by atoms with E-state index in [2.05, 4.69) is 19.2 Å². The van der Waals surface area contributed by atoms with Crippen LogP contribution in [0.2, 0.25) is 0 Å². The van der Waals surface area contributed by atoms with Gasteiger partial charge in [-0.25, -0.2) is 0 Å². The number of ether oxygens (including phenoxy) is 1. The van der Waals surface area contributed by atoms with Crippen LogP contribution in [-0.4, -0.2) is 19.2 Å². The Kier molecular flexibility index (Phi) is 5.71. The molecule has 106 valence electrons. The standard InChI is InChI=1S/C17H27NO/c1-14-9-10-15(2)17(13-14)18-11-6-12-19-16-7-4-3-5-8-16/h3-5,7-8,14-15,17-18H,6,9-13H2,1-2H3. The quantitative estimate of drug-likeness (QED) is 0.785. The van der Waals surface area contributed by atoms with Crippen LogP contribution in [0.4, 0.5) is 0 Å². The summed E-state index contributed by atoms with van der Waals surface area (Å²) < 4.78 is 5.70. The molecule has 1 aliphatic rings. The maximum atomic E-state index is 5.70. The van der Waals surface area contributed by atoms with Crippen LogP contribution in [-0.2, 0) is 0 Å². The van der Waals surface area contributed by atoms with Crippen LogP contribution in [0.25, 0.3) is 0 Å². The fourth-order valence-corrected chi connectivity index (χ4v) is 2.88. The topological polar surface area (TPSA) is 21.3 Å². The molecule has 0 spiro atoms. The Labute approximate surface area is 117 Å². The van der Waals surface area contributed by atoms with E-state index in [1.54, 1.807) is 0 Å². The molecular weight excluding hydrogens is 234 g/mol. The van der Waals surface area contributed by atoms with Crippen LogP contribution in [0.3, 0.4) is 0 Å². The van der Waals surface area contributed by atoms with Gasteiger partial charge < -0.3 is 10.1 Å². The lowest BCUT2D eigenvalue weighted by atomic mass is 9.80. The first-order chi connectivity index (χ1) is 9.25. The van der Waals surface area contributed by atoms with Crippen molar-refractivity contribution in [2.75, 3.05) is 13.2 Å². The Morgan fingerprint density at radius 1 is 1.16 bits per heavy atom. The largest absolute Gasteiger partial charge is 0.494 e. The molecule has 19 heavy (non-hydrogen) atoms. The predicted octanol–water partition coefficient (Wildman–Crippen LogP) is 3.87.